The topological polar surface area (TPSA) is 50.3 Å². The molecule has 110 valence electrons. The second-order valence-corrected chi connectivity index (χ2v) is 5.12. The van der Waals surface area contributed by atoms with Crippen molar-refractivity contribution in [2.24, 2.45) is 0 Å². The number of nitrogens with one attached hydrogen (secondary N) is 1. The second-order valence-electron chi connectivity index (χ2n) is 5.12. The summed E-state index contributed by atoms with van der Waals surface area (Å²) >= 11 is 0. The third-order valence-corrected chi connectivity index (χ3v) is 3.60. The van der Waals surface area contributed by atoms with Crippen molar-refractivity contribution in [1.29, 1.82) is 0 Å². The molecule has 1 aromatic carbocycles. The quantitative estimate of drug-likeness (QED) is 0.934. The molecule has 5 nitrogen and oxygen atoms in total. The van der Waals surface area contributed by atoms with Crippen LogP contribution in [0.15, 0.2) is 42.6 Å². The molecule has 1 aliphatic heterocycles. The molecule has 1 aliphatic rings. The van der Waals surface area contributed by atoms with Gasteiger partial charge in [0.2, 0.25) is 5.95 Å². The number of ether oxygens (including phenoxy) is 1. The van der Waals surface area contributed by atoms with Crippen LogP contribution < -0.4 is 10.2 Å². The summed E-state index contributed by atoms with van der Waals surface area (Å²) in [4.78, 5) is 11.1. The van der Waals surface area contributed by atoms with E-state index in [1.165, 1.54) is 5.56 Å². The lowest BCUT2D eigenvalue weighted by Gasteiger charge is -2.27. The molecule has 0 amide bonds. The van der Waals surface area contributed by atoms with E-state index in [4.69, 9.17) is 4.74 Å². The highest BCUT2D eigenvalue weighted by Gasteiger charge is 2.14. The van der Waals surface area contributed by atoms with Gasteiger partial charge in [-0.25, -0.2) is 4.98 Å². The Balaban J connectivity index is 1.71. The average molecular weight is 284 g/mol. The minimum Gasteiger partial charge on any atom is -0.378 e. The molecule has 21 heavy (non-hydrogen) atoms. The third-order valence-electron chi connectivity index (χ3n) is 3.60. The van der Waals surface area contributed by atoms with Crippen molar-refractivity contribution >= 4 is 11.8 Å². The second kappa shape index (κ2) is 6.54. The zero-order chi connectivity index (χ0) is 14.5. The monoisotopic (exact) mass is 284 g/mol. The van der Waals surface area contributed by atoms with Crippen LogP contribution in [0.3, 0.4) is 0 Å². The van der Waals surface area contributed by atoms with Gasteiger partial charge in [0.1, 0.15) is 5.82 Å². The SMILES string of the molecule is CC(Nc1ccnc(N2CCOCC2)n1)c1ccccc1. The molecule has 1 aromatic heterocycles. The lowest BCUT2D eigenvalue weighted by molar-refractivity contribution is 0.122. The van der Waals surface area contributed by atoms with Crippen molar-refractivity contribution in [1.82, 2.24) is 9.97 Å². The van der Waals surface area contributed by atoms with Gasteiger partial charge in [0.25, 0.3) is 0 Å². The lowest BCUT2D eigenvalue weighted by atomic mass is 10.1. The predicted molar refractivity (Wildman–Crippen MR) is 83.5 cm³/mol. The number of aromatic nitrogens is 2. The van der Waals surface area contributed by atoms with Crippen LogP contribution in [0.1, 0.15) is 18.5 Å². The van der Waals surface area contributed by atoms with Gasteiger partial charge in [0, 0.05) is 25.3 Å². The molecule has 1 fully saturated rings. The van der Waals surface area contributed by atoms with Gasteiger partial charge in [-0.05, 0) is 18.6 Å². The van der Waals surface area contributed by atoms with Crippen LogP contribution in [0.5, 0.6) is 0 Å². The van der Waals surface area contributed by atoms with Gasteiger partial charge >= 0.3 is 0 Å². The van der Waals surface area contributed by atoms with Gasteiger partial charge in [0.15, 0.2) is 0 Å². The largest absolute Gasteiger partial charge is 0.378 e. The molecule has 2 aromatic rings. The van der Waals surface area contributed by atoms with E-state index in [0.29, 0.717) is 0 Å². The fourth-order valence-electron chi connectivity index (χ4n) is 2.39. The summed E-state index contributed by atoms with van der Waals surface area (Å²) < 4.78 is 5.36. The van der Waals surface area contributed by atoms with E-state index >= 15 is 0 Å². The molecule has 2 heterocycles. The van der Waals surface area contributed by atoms with Gasteiger partial charge in [-0.15, -0.1) is 0 Å². The van der Waals surface area contributed by atoms with Crippen molar-refractivity contribution < 1.29 is 4.74 Å². The summed E-state index contributed by atoms with van der Waals surface area (Å²) in [6, 6.07) is 12.5. The first-order chi connectivity index (χ1) is 10.3. The molecular weight excluding hydrogens is 264 g/mol. The molecule has 0 radical (unpaired) electrons. The van der Waals surface area contributed by atoms with Gasteiger partial charge in [-0.2, -0.15) is 4.98 Å². The fraction of sp³-hybridized carbons (Fsp3) is 0.375. The highest BCUT2D eigenvalue weighted by molar-refractivity contribution is 5.43. The zero-order valence-electron chi connectivity index (χ0n) is 12.2. The Labute approximate surface area is 125 Å². The van der Waals surface area contributed by atoms with Gasteiger partial charge < -0.3 is 15.0 Å². The third kappa shape index (κ3) is 3.49. The Bertz CT molecular complexity index is 569. The maximum absolute atomic E-state index is 5.36. The summed E-state index contributed by atoms with van der Waals surface area (Å²) in [6.07, 6.45) is 1.80. The van der Waals surface area contributed by atoms with Crippen LogP contribution in [0, 0.1) is 0 Å². The smallest absolute Gasteiger partial charge is 0.227 e. The first kappa shape index (κ1) is 13.8. The van der Waals surface area contributed by atoms with Gasteiger partial charge in [0.05, 0.1) is 13.2 Å². The first-order valence-corrected chi connectivity index (χ1v) is 7.30. The molecule has 0 aliphatic carbocycles. The lowest BCUT2D eigenvalue weighted by Crippen LogP contribution is -2.37. The minimum absolute atomic E-state index is 0.207. The van der Waals surface area contributed by atoms with Crippen molar-refractivity contribution in [3.8, 4) is 0 Å². The molecule has 5 heteroatoms. The van der Waals surface area contributed by atoms with Crippen molar-refractivity contribution in [2.75, 3.05) is 36.5 Å². The van der Waals surface area contributed by atoms with Crippen LogP contribution >= 0.6 is 0 Å². The molecule has 3 rings (SSSR count). The Hall–Kier alpha value is -2.14. The molecule has 1 unspecified atom stereocenters. The van der Waals surface area contributed by atoms with E-state index in [-0.39, 0.29) is 6.04 Å². The fourth-order valence-corrected chi connectivity index (χ4v) is 2.39. The standard InChI is InChI=1S/C16H20N4O/c1-13(14-5-3-2-4-6-14)18-15-7-8-17-16(19-15)20-9-11-21-12-10-20/h2-8,13H,9-12H2,1H3,(H,17,18,19). The van der Waals surface area contributed by atoms with E-state index < -0.39 is 0 Å². The molecule has 0 saturated carbocycles. The molecule has 1 saturated heterocycles. The normalized spacial score (nSPS) is 16.5. The summed E-state index contributed by atoms with van der Waals surface area (Å²) in [5.74, 6) is 1.62. The van der Waals surface area contributed by atoms with Crippen molar-refractivity contribution in [3.63, 3.8) is 0 Å². The van der Waals surface area contributed by atoms with Crippen LogP contribution in [0.25, 0.3) is 0 Å². The van der Waals surface area contributed by atoms with Crippen LogP contribution in [-0.4, -0.2) is 36.3 Å². The van der Waals surface area contributed by atoms with E-state index in [0.717, 1.165) is 38.1 Å². The number of nitrogens with zero attached hydrogens (tertiary/aromatic N) is 3. The Morgan fingerprint density at radius 2 is 1.90 bits per heavy atom. The minimum atomic E-state index is 0.207. The van der Waals surface area contributed by atoms with Gasteiger partial charge in [-0.1, -0.05) is 30.3 Å². The maximum atomic E-state index is 5.36. The summed E-state index contributed by atoms with van der Waals surface area (Å²) in [5, 5.41) is 3.43. The van der Waals surface area contributed by atoms with E-state index in [2.05, 4.69) is 39.2 Å². The number of anilines is 2. The Kier molecular flexibility index (Phi) is 4.31. The Morgan fingerprint density at radius 3 is 2.67 bits per heavy atom. The van der Waals surface area contributed by atoms with E-state index in [1.54, 1.807) is 6.20 Å². The van der Waals surface area contributed by atoms with Crippen LogP contribution in [0.2, 0.25) is 0 Å². The average Bonchev–Trinajstić information content (AvgIpc) is 2.57. The van der Waals surface area contributed by atoms with Crippen LogP contribution in [0.4, 0.5) is 11.8 Å². The maximum Gasteiger partial charge on any atom is 0.227 e. The number of hydrogen-bond acceptors (Lipinski definition) is 5. The molecule has 1 N–H and O–H groups in total. The molecular formula is C16H20N4O. The number of rotatable bonds is 4. The van der Waals surface area contributed by atoms with Crippen LogP contribution in [-0.2, 0) is 4.74 Å². The number of morpholine rings is 1. The first-order valence-electron chi connectivity index (χ1n) is 7.30. The highest BCUT2D eigenvalue weighted by Crippen LogP contribution is 2.19. The number of hydrogen-bond donors (Lipinski definition) is 1. The Morgan fingerprint density at radius 1 is 1.14 bits per heavy atom. The number of benzene rings is 1. The predicted octanol–water partition coefficient (Wildman–Crippen LogP) is 2.49. The zero-order valence-corrected chi connectivity index (χ0v) is 12.2. The van der Waals surface area contributed by atoms with E-state index in [9.17, 15) is 0 Å². The summed E-state index contributed by atoms with van der Waals surface area (Å²) in [7, 11) is 0. The molecule has 0 spiro atoms. The molecule has 0 bridgehead atoms. The van der Waals surface area contributed by atoms with Gasteiger partial charge in [-0.3, -0.25) is 0 Å². The molecule has 1 atom stereocenters. The van der Waals surface area contributed by atoms with Crippen molar-refractivity contribution in [2.45, 2.75) is 13.0 Å². The summed E-state index contributed by atoms with van der Waals surface area (Å²) in [6.45, 7) is 5.30. The van der Waals surface area contributed by atoms with E-state index in [1.807, 2.05) is 24.3 Å². The van der Waals surface area contributed by atoms with Crippen molar-refractivity contribution in [3.05, 3.63) is 48.2 Å². The summed E-state index contributed by atoms with van der Waals surface area (Å²) in [5.41, 5.74) is 1.24. The highest BCUT2D eigenvalue weighted by atomic mass is 16.5.